The second-order valence-corrected chi connectivity index (χ2v) is 12.6. The molecule has 2 saturated carbocycles. The van der Waals surface area contributed by atoms with E-state index in [1.165, 1.54) is 39.0 Å². The second kappa shape index (κ2) is 10.5. The molecule has 3 heterocycles. The zero-order valence-electron chi connectivity index (χ0n) is 21.8. The van der Waals surface area contributed by atoms with Crippen LogP contribution in [0, 0.1) is 12.3 Å². The number of carboxylic acids is 1. The van der Waals surface area contributed by atoms with Gasteiger partial charge in [-0.25, -0.2) is 4.79 Å². The molecule has 0 radical (unpaired) electrons. The summed E-state index contributed by atoms with van der Waals surface area (Å²) in [6.07, 6.45) is -0.0835. The standard InChI is InChI=1S/C23H35N5OS.C2HF3O2/c1-15-19-13-20(30-22(19)28(25-15)14-23(2,3)4)21(29)24-16-11-18(12-16)27-9-7-26(8-10-27)17-5-6-17;3-2(4,5)1(6)7/h13,16-18H,5-12,14H2,1-4H3,(H,24,29);(H,6,7). The lowest BCUT2D eigenvalue weighted by Crippen LogP contribution is -2.58. The van der Waals surface area contributed by atoms with E-state index in [1.54, 1.807) is 11.3 Å². The fourth-order valence-electron chi connectivity index (χ4n) is 4.95. The van der Waals surface area contributed by atoms with Gasteiger partial charge in [0.25, 0.3) is 5.91 Å². The summed E-state index contributed by atoms with van der Waals surface area (Å²) in [4.78, 5) is 29.0. The van der Waals surface area contributed by atoms with Crippen molar-refractivity contribution in [3.8, 4) is 0 Å². The van der Waals surface area contributed by atoms with Gasteiger partial charge in [-0.2, -0.15) is 18.3 Å². The summed E-state index contributed by atoms with van der Waals surface area (Å²) < 4.78 is 33.8. The van der Waals surface area contributed by atoms with E-state index >= 15 is 0 Å². The number of nitrogens with zero attached hydrogens (tertiary/aromatic N) is 4. The number of thiophene rings is 1. The number of hydrogen-bond acceptors (Lipinski definition) is 6. The number of carbonyl (C=O) groups is 2. The molecule has 8 nitrogen and oxygen atoms in total. The number of alkyl halides is 3. The molecule has 37 heavy (non-hydrogen) atoms. The lowest BCUT2D eigenvalue weighted by atomic mass is 9.85. The maximum absolute atomic E-state index is 12.9. The van der Waals surface area contributed by atoms with Crippen LogP contribution in [0.25, 0.3) is 10.2 Å². The number of aryl methyl sites for hydroxylation is 1. The summed E-state index contributed by atoms with van der Waals surface area (Å²) in [7, 11) is 0. The number of nitrogens with one attached hydrogen (secondary N) is 1. The average molecular weight is 544 g/mol. The highest BCUT2D eigenvalue weighted by molar-refractivity contribution is 7.20. The maximum atomic E-state index is 12.9. The number of amides is 1. The minimum absolute atomic E-state index is 0.0833. The number of carboxylic acid groups (broad SMARTS) is 1. The van der Waals surface area contributed by atoms with Crippen molar-refractivity contribution in [3.63, 3.8) is 0 Å². The van der Waals surface area contributed by atoms with Gasteiger partial charge in [0.1, 0.15) is 4.83 Å². The quantitative estimate of drug-likeness (QED) is 0.590. The average Bonchev–Trinajstić information content (AvgIpc) is 3.45. The van der Waals surface area contributed by atoms with Gasteiger partial charge in [-0.3, -0.25) is 19.3 Å². The normalized spacial score (nSPS) is 23.3. The Hall–Kier alpha value is -2.18. The monoisotopic (exact) mass is 543 g/mol. The number of hydrogen-bond donors (Lipinski definition) is 2. The zero-order chi connectivity index (χ0) is 27.1. The topological polar surface area (TPSA) is 90.7 Å². The largest absolute Gasteiger partial charge is 0.490 e. The van der Waals surface area contributed by atoms with E-state index in [0.717, 1.165) is 46.2 Å². The van der Waals surface area contributed by atoms with Gasteiger partial charge in [0.05, 0.1) is 10.6 Å². The first kappa shape index (κ1) is 27.8. The minimum atomic E-state index is -5.08. The molecule has 2 aromatic heterocycles. The second-order valence-electron chi connectivity index (χ2n) is 11.5. The lowest BCUT2D eigenvalue weighted by Gasteiger charge is -2.46. The van der Waals surface area contributed by atoms with Gasteiger partial charge in [-0.1, -0.05) is 20.8 Å². The highest BCUT2D eigenvalue weighted by Gasteiger charge is 2.39. The third kappa shape index (κ3) is 7.02. The molecule has 3 fully saturated rings. The van der Waals surface area contributed by atoms with Crippen molar-refractivity contribution in [1.82, 2.24) is 24.9 Å². The van der Waals surface area contributed by atoms with Crippen LogP contribution in [0.3, 0.4) is 0 Å². The highest BCUT2D eigenvalue weighted by Crippen LogP contribution is 2.33. The van der Waals surface area contributed by atoms with Crippen molar-refractivity contribution in [1.29, 1.82) is 0 Å². The van der Waals surface area contributed by atoms with Gasteiger partial charge < -0.3 is 10.4 Å². The van der Waals surface area contributed by atoms with Crippen LogP contribution < -0.4 is 5.32 Å². The number of aromatic nitrogens is 2. The third-order valence-electron chi connectivity index (χ3n) is 7.07. The molecule has 5 rings (SSSR count). The predicted octanol–water partition coefficient (Wildman–Crippen LogP) is 4.13. The third-order valence-corrected chi connectivity index (χ3v) is 8.22. The zero-order valence-corrected chi connectivity index (χ0v) is 22.6. The molecule has 2 aliphatic carbocycles. The van der Waals surface area contributed by atoms with Gasteiger partial charge >= 0.3 is 12.1 Å². The molecule has 12 heteroatoms. The van der Waals surface area contributed by atoms with Crippen LogP contribution in [-0.2, 0) is 11.3 Å². The Balaban J connectivity index is 0.000000405. The molecule has 2 aromatic rings. The Labute approximate surface area is 218 Å². The van der Waals surface area contributed by atoms with Gasteiger partial charge in [0.15, 0.2) is 0 Å². The van der Waals surface area contributed by atoms with E-state index in [4.69, 9.17) is 15.0 Å². The molecule has 1 amide bonds. The summed E-state index contributed by atoms with van der Waals surface area (Å²) in [6, 6.07) is 3.90. The van der Waals surface area contributed by atoms with Crippen molar-refractivity contribution < 1.29 is 27.9 Å². The van der Waals surface area contributed by atoms with Crippen LogP contribution in [0.5, 0.6) is 0 Å². The van der Waals surface area contributed by atoms with Crippen LogP contribution in [-0.4, -0.2) is 87.0 Å². The first-order valence-electron chi connectivity index (χ1n) is 12.8. The first-order valence-corrected chi connectivity index (χ1v) is 13.6. The number of fused-ring (bicyclic) bond motifs is 1. The molecule has 0 bridgehead atoms. The molecule has 0 aromatic carbocycles. The van der Waals surface area contributed by atoms with Gasteiger partial charge in [-0.05, 0) is 44.1 Å². The number of carbonyl (C=O) groups excluding carboxylic acids is 1. The van der Waals surface area contributed by atoms with Crippen LogP contribution in [0.2, 0.25) is 0 Å². The smallest absolute Gasteiger partial charge is 0.475 e. The van der Waals surface area contributed by atoms with E-state index in [9.17, 15) is 18.0 Å². The Morgan fingerprint density at radius 1 is 1.08 bits per heavy atom. The molecule has 0 atom stereocenters. The highest BCUT2D eigenvalue weighted by atomic mass is 32.1. The molecule has 2 N–H and O–H groups in total. The Morgan fingerprint density at radius 2 is 1.62 bits per heavy atom. The summed E-state index contributed by atoms with van der Waals surface area (Å²) in [5, 5.41) is 16.2. The number of halogens is 3. The van der Waals surface area contributed by atoms with Gasteiger partial charge in [0, 0.05) is 56.2 Å². The van der Waals surface area contributed by atoms with E-state index in [1.807, 2.05) is 13.0 Å². The minimum Gasteiger partial charge on any atom is -0.475 e. The molecule has 0 spiro atoms. The van der Waals surface area contributed by atoms with Crippen LogP contribution in [0.4, 0.5) is 13.2 Å². The molecular weight excluding hydrogens is 507 g/mol. The van der Waals surface area contributed by atoms with Crippen molar-refractivity contribution >= 4 is 33.4 Å². The van der Waals surface area contributed by atoms with Crippen molar-refractivity contribution in [2.24, 2.45) is 5.41 Å². The summed E-state index contributed by atoms with van der Waals surface area (Å²) >= 11 is 1.58. The summed E-state index contributed by atoms with van der Waals surface area (Å²) in [5.74, 6) is -2.67. The molecule has 0 unspecified atom stereocenters. The SMILES string of the molecule is Cc1nn(CC(C)(C)C)c2sc(C(=O)NC3CC(N4CCN(C5CC5)CC4)C3)cc12.O=C(O)C(F)(F)F. The predicted molar refractivity (Wildman–Crippen MR) is 136 cm³/mol. The molecular formula is C25H36F3N5O3S. The molecule has 1 aliphatic heterocycles. The van der Waals surface area contributed by atoms with Gasteiger partial charge in [0.2, 0.25) is 0 Å². The van der Waals surface area contributed by atoms with Crippen molar-refractivity contribution in [2.75, 3.05) is 26.2 Å². The first-order chi connectivity index (χ1) is 17.2. The van der Waals surface area contributed by atoms with E-state index in [2.05, 4.69) is 40.6 Å². The number of aliphatic carboxylic acids is 1. The Bertz CT molecular complexity index is 1120. The Morgan fingerprint density at radius 3 is 2.11 bits per heavy atom. The van der Waals surface area contributed by atoms with E-state index in [-0.39, 0.29) is 11.3 Å². The van der Waals surface area contributed by atoms with Gasteiger partial charge in [-0.15, -0.1) is 11.3 Å². The molecule has 1 saturated heterocycles. The molecule has 206 valence electrons. The number of piperazine rings is 1. The van der Waals surface area contributed by atoms with E-state index in [0.29, 0.717) is 12.1 Å². The fourth-order valence-corrected chi connectivity index (χ4v) is 6.01. The summed E-state index contributed by atoms with van der Waals surface area (Å²) in [5.41, 5.74) is 1.17. The Kier molecular flexibility index (Phi) is 7.92. The fraction of sp³-hybridized carbons (Fsp3) is 0.720. The van der Waals surface area contributed by atoms with E-state index < -0.39 is 12.1 Å². The molecule has 3 aliphatic rings. The number of rotatable bonds is 5. The summed E-state index contributed by atoms with van der Waals surface area (Å²) in [6.45, 7) is 14.4. The lowest BCUT2D eigenvalue weighted by molar-refractivity contribution is -0.192. The van der Waals surface area contributed by atoms with Crippen LogP contribution >= 0.6 is 11.3 Å². The maximum Gasteiger partial charge on any atom is 0.490 e. The van der Waals surface area contributed by atoms with Crippen LogP contribution in [0.15, 0.2) is 6.07 Å². The van der Waals surface area contributed by atoms with Crippen molar-refractivity contribution in [2.45, 2.75) is 84.2 Å². The van der Waals surface area contributed by atoms with Crippen molar-refractivity contribution in [3.05, 3.63) is 16.6 Å². The van der Waals surface area contributed by atoms with Crippen LogP contribution in [0.1, 0.15) is 61.8 Å².